The molecule has 1 N–H and O–H groups in total. The van der Waals surface area contributed by atoms with Crippen LogP contribution >= 0.6 is 11.3 Å². The van der Waals surface area contributed by atoms with E-state index in [0.717, 1.165) is 5.13 Å². The van der Waals surface area contributed by atoms with Gasteiger partial charge >= 0.3 is 0 Å². The third-order valence-electron chi connectivity index (χ3n) is 3.01. The van der Waals surface area contributed by atoms with Crippen LogP contribution in [0, 0.1) is 0 Å². The molecule has 2 aromatic rings. The molecule has 1 saturated carbocycles. The minimum Gasteiger partial charge on any atom is -0.354 e. The second kappa shape index (κ2) is 4.45. The van der Waals surface area contributed by atoms with Gasteiger partial charge in [-0.3, -0.25) is 0 Å². The minimum absolute atomic E-state index is 0.274. The molecule has 0 spiro atoms. The Labute approximate surface area is 105 Å². The molecule has 0 radical (unpaired) electrons. The number of anilines is 1. The molecule has 1 aliphatic carbocycles. The number of benzene rings is 1. The van der Waals surface area contributed by atoms with E-state index in [1.54, 1.807) is 11.3 Å². The molecule has 3 rings (SSSR count). The number of nitrogens with one attached hydrogen (secondary N) is 1. The number of nitrogens with zero attached hydrogens (tertiary/aromatic N) is 2. The molecule has 1 atom stereocenters. The van der Waals surface area contributed by atoms with Gasteiger partial charge in [0, 0.05) is 5.92 Å². The van der Waals surface area contributed by atoms with Gasteiger partial charge in [-0.2, -0.15) is 0 Å². The lowest BCUT2D eigenvalue weighted by molar-refractivity contribution is 0.869. The van der Waals surface area contributed by atoms with Crippen LogP contribution in [0.15, 0.2) is 30.3 Å². The van der Waals surface area contributed by atoms with Gasteiger partial charge in [0.15, 0.2) is 0 Å². The van der Waals surface area contributed by atoms with E-state index < -0.39 is 0 Å². The summed E-state index contributed by atoms with van der Waals surface area (Å²) in [6.45, 7) is 2.15. The van der Waals surface area contributed by atoms with E-state index in [1.165, 1.54) is 23.4 Å². The van der Waals surface area contributed by atoms with Crippen LogP contribution < -0.4 is 5.32 Å². The monoisotopic (exact) mass is 245 g/mol. The number of aromatic nitrogens is 2. The first-order valence-electron chi connectivity index (χ1n) is 5.98. The normalized spacial score (nSPS) is 16.8. The molecule has 1 fully saturated rings. The zero-order chi connectivity index (χ0) is 11.7. The SMILES string of the molecule is CC(Nc1nnc(C2CC2)s1)c1ccccc1. The lowest BCUT2D eigenvalue weighted by Crippen LogP contribution is -2.05. The third-order valence-corrected chi connectivity index (χ3v) is 4.02. The van der Waals surface area contributed by atoms with Crippen molar-refractivity contribution in [2.24, 2.45) is 0 Å². The highest BCUT2D eigenvalue weighted by Gasteiger charge is 2.27. The van der Waals surface area contributed by atoms with Gasteiger partial charge in [0.25, 0.3) is 0 Å². The number of hydrogen-bond acceptors (Lipinski definition) is 4. The van der Waals surface area contributed by atoms with Crippen molar-refractivity contribution in [2.75, 3.05) is 5.32 Å². The standard InChI is InChI=1S/C13H15N3S/c1-9(10-5-3-2-4-6-10)14-13-16-15-12(17-13)11-7-8-11/h2-6,9,11H,7-8H2,1H3,(H,14,16). The highest BCUT2D eigenvalue weighted by molar-refractivity contribution is 7.15. The first kappa shape index (κ1) is 10.7. The molecular weight excluding hydrogens is 230 g/mol. The summed E-state index contributed by atoms with van der Waals surface area (Å²) in [5.41, 5.74) is 1.27. The second-order valence-corrected chi connectivity index (χ2v) is 5.51. The average Bonchev–Trinajstić information content (AvgIpc) is 3.12. The van der Waals surface area contributed by atoms with Crippen LogP contribution in [0.3, 0.4) is 0 Å². The summed E-state index contributed by atoms with van der Waals surface area (Å²) in [5, 5.41) is 14.0. The predicted molar refractivity (Wildman–Crippen MR) is 70.4 cm³/mol. The Hall–Kier alpha value is -1.42. The van der Waals surface area contributed by atoms with Gasteiger partial charge in [-0.15, -0.1) is 10.2 Å². The number of rotatable bonds is 4. The zero-order valence-electron chi connectivity index (χ0n) is 9.76. The highest BCUT2D eigenvalue weighted by Crippen LogP contribution is 2.42. The Kier molecular flexibility index (Phi) is 2.81. The summed E-state index contributed by atoms with van der Waals surface area (Å²) in [6, 6.07) is 10.7. The van der Waals surface area contributed by atoms with Gasteiger partial charge in [0.1, 0.15) is 5.01 Å². The van der Waals surface area contributed by atoms with Gasteiger partial charge in [-0.05, 0) is 25.3 Å². The van der Waals surface area contributed by atoms with Crippen molar-refractivity contribution >= 4 is 16.5 Å². The Bertz CT molecular complexity index is 490. The minimum atomic E-state index is 0.274. The van der Waals surface area contributed by atoms with E-state index in [9.17, 15) is 0 Å². The molecule has 1 aromatic carbocycles. The quantitative estimate of drug-likeness (QED) is 0.894. The summed E-state index contributed by atoms with van der Waals surface area (Å²) >= 11 is 1.69. The van der Waals surface area contributed by atoms with Crippen LogP contribution in [0.4, 0.5) is 5.13 Å². The van der Waals surface area contributed by atoms with Crippen molar-refractivity contribution < 1.29 is 0 Å². The van der Waals surface area contributed by atoms with Gasteiger partial charge in [0.2, 0.25) is 5.13 Å². The van der Waals surface area contributed by atoms with Crippen LogP contribution in [0.25, 0.3) is 0 Å². The molecule has 4 heteroatoms. The van der Waals surface area contributed by atoms with Gasteiger partial charge in [-0.25, -0.2) is 0 Å². The molecule has 1 aromatic heterocycles. The van der Waals surface area contributed by atoms with Crippen molar-refractivity contribution in [3.8, 4) is 0 Å². The summed E-state index contributed by atoms with van der Waals surface area (Å²) in [6.07, 6.45) is 2.56. The predicted octanol–water partition coefficient (Wildman–Crippen LogP) is 3.59. The fraction of sp³-hybridized carbons (Fsp3) is 0.385. The summed E-state index contributed by atoms with van der Waals surface area (Å²) in [7, 11) is 0. The molecule has 0 saturated heterocycles. The van der Waals surface area contributed by atoms with Crippen LogP contribution in [0.2, 0.25) is 0 Å². The highest BCUT2D eigenvalue weighted by atomic mass is 32.1. The van der Waals surface area contributed by atoms with E-state index in [1.807, 2.05) is 6.07 Å². The van der Waals surface area contributed by atoms with Gasteiger partial charge < -0.3 is 5.32 Å². The smallest absolute Gasteiger partial charge is 0.206 e. The van der Waals surface area contributed by atoms with Crippen LogP contribution in [0.5, 0.6) is 0 Å². The van der Waals surface area contributed by atoms with Crippen LogP contribution in [0.1, 0.15) is 42.3 Å². The fourth-order valence-corrected chi connectivity index (χ4v) is 2.80. The average molecular weight is 245 g/mol. The van der Waals surface area contributed by atoms with Crippen molar-refractivity contribution in [3.05, 3.63) is 40.9 Å². The molecule has 1 heterocycles. The summed E-state index contributed by atoms with van der Waals surface area (Å²) in [5.74, 6) is 0.690. The Morgan fingerprint density at radius 3 is 2.71 bits per heavy atom. The third kappa shape index (κ3) is 2.47. The number of hydrogen-bond donors (Lipinski definition) is 1. The second-order valence-electron chi connectivity index (χ2n) is 4.50. The lowest BCUT2D eigenvalue weighted by Gasteiger charge is -2.12. The maximum atomic E-state index is 4.23. The maximum absolute atomic E-state index is 4.23. The van der Waals surface area contributed by atoms with Gasteiger partial charge in [0.05, 0.1) is 6.04 Å². The summed E-state index contributed by atoms with van der Waals surface area (Å²) < 4.78 is 0. The van der Waals surface area contributed by atoms with Crippen molar-refractivity contribution in [1.29, 1.82) is 0 Å². The van der Waals surface area contributed by atoms with Gasteiger partial charge in [-0.1, -0.05) is 41.7 Å². The first-order valence-corrected chi connectivity index (χ1v) is 6.79. The molecule has 1 aliphatic rings. The molecule has 88 valence electrons. The lowest BCUT2D eigenvalue weighted by atomic mass is 10.1. The fourth-order valence-electron chi connectivity index (χ4n) is 1.80. The topological polar surface area (TPSA) is 37.8 Å². The molecule has 0 amide bonds. The van der Waals surface area contributed by atoms with E-state index in [-0.39, 0.29) is 6.04 Å². The Balaban J connectivity index is 1.69. The first-order chi connectivity index (χ1) is 8.33. The molecule has 3 nitrogen and oxygen atoms in total. The van der Waals surface area contributed by atoms with Crippen LogP contribution in [-0.4, -0.2) is 10.2 Å². The van der Waals surface area contributed by atoms with Crippen LogP contribution in [-0.2, 0) is 0 Å². The van der Waals surface area contributed by atoms with E-state index in [4.69, 9.17) is 0 Å². The van der Waals surface area contributed by atoms with Crippen molar-refractivity contribution in [1.82, 2.24) is 10.2 Å². The Morgan fingerprint density at radius 2 is 2.00 bits per heavy atom. The molecule has 17 heavy (non-hydrogen) atoms. The maximum Gasteiger partial charge on any atom is 0.206 e. The van der Waals surface area contributed by atoms with E-state index in [2.05, 4.69) is 46.7 Å². The largest absolute Gasteiger partial charge is 0.354 e. The molecular formula is C13H15N3S. The van der Waals surface area contributed by atoms with Crippen molar-refractivity contribution in [2.45, 2.75) is 31.7 Å². The molecule has 1 unspecified atom stereocenters. The zero-order valence-corrected chi connectivity index (χ0v) is 10.6. The van der Waals surface area contributed by atoms with Crippen molar-refractivity contribution in [3.63, 3.8) is 0 Å². The van der Waals surface area contributed by atoms with E-state index >= 15 is 0 Å². The molecule has 0 bridgehead atoms. The Morgan fingerprint density at radius 1 is 1.24 bits per heavy atom. The molecule has 0 aliphatic heterocycles. The summed E-state index contributed by atoms with van der Waals surface area (Å²) in [4.78, 5) is 0. The van der Waals surface area contributed by atoms with E-state index in [0.29, 0.717) is 5.92 Å².